The van der Waals surface area contributed by atoms with Crippen LogP contribution < -0.4 is 16.6 Å². The highest BCUT2D eigenvalue weighted by Crippen LogP contribution is 2.10. The van der Waals surface area contributed by atoms with E-state index in [9.17, 15) is 4.79 Å². The normalized spacial score (nSPS) is 9.17. The van der Waals surface area contributed by atoms with Crippen LogP contribution in [0.2, 0.25) is 0 Å². The summed E-state index contributed by atoms with van der Waals surface area (Å²) in [5.41, 5.74) is 2.70. The number of amides is 2. The molecule has 0 saturated heterocycles. The first kappa shape index (κ1) is 9.27. The minimum absolute atomic E-state index is 0.420. The Labute approximate surface area is 83.6 Å². The minimum atomic E-state index is -0.420. The van der Waals surface area contributed by atoms with Crippen LogP contribution >= 0.6 is 22.6 Å². The third-order valence-electron chi connectivity index (χ3n) is 1.23. The first-order valence-electron chi connectivity index (χ1n) is 3.25. The van der Waals surface area contributed by atoms with Crippen LogP contribution in [0.15, 0.2) is 24.3 Å². The molecule has 5 heteroatoms. The van der Waals surface area contributed by atoms with Gasteiger partial charge in [0.05, 0.1) is 0 Å². The first-order chi connectivity index (χ1) is 5.72. The summed E-state index contributed by atoms with van der Waals surface area (Å²) in [6.07, 6.45) is 0. The minimum Gasteiger partial charge on any atom is -0.307 e. The van der Waals surface area contributed by atoms with Gasteiger partial charge < -0.3 is 5.32 Å². The molecule has 0 aliphatic heterocycles. The Morgan fingerprint density at radius 3 is 2.42 bits per heavy atom. The van der Waals surface area contributed by atoms with E-state index in [-0.39, 0.29) is 0 Å². The molecule has 0 atom stereocenters. The Kier molecular flexibility index (Phi) is 3.30. The van der Waals surface area contributed by atoms with Crippen molar-refractivity contribution in [1.82, 2.24) is 5.43 Å². The number of halogens is 1. The number of benzene rings is 1. The van der Waals surface area contributed by atoms with Crippen molar-refractivity contribution in [3.05, 3.63) is 27.8 Å². The summed E-state index contributed by atoms with van der Waals surface area (Å²) >= 11 is 2.19. The van der Waals surface area contributed by atoms with Crippen molar-refractivity contribution in [3.63, 3.8) is 0 Å². The molecular formula is C7H8IN3O. The van der Waals surface area contributed by atoms with Gasteiger partial charge in [0, 0.05) is 9.26 Å². The average Bonchev–Trinajstić information content (AvgIpc) is 2.09. The van der Waals surface area contributed by atoms with E-state index < -0.39 is 6.03 Å². The van der Waals surface area contributed by atoms with Gasteiger partial charge >= 0.3 is 6.03 Å². The molecule has 0 fully saturated rings. The van der Waals surface area contributed by atoms with Gasteiger partial charge in [0.1, 0.15) is 0 Å². The van der Waals surface area contributed by atoms with Crippen molar-refractivity contribution in [3.8, 4) is 0 Å². The largest absolute Gasteiger partial charge is 0.333 e. The van der Waals surface area contributed by atoms with Crippen LogP contribution in [0, 0.1) is 3.57 Å². The van der Waals surface area contributed by atoms with Crippen LogP contribution in [-0.4, -0.2) is 6.03 Å². The molecule has 4 nitrogen and oxygen atoms in total. The summed E-state index contributed by atoms with van der Waals surface area (Å²) in [4.78, 5) is 10.7. The Morgan fingerprint density at radius 1 is 1.33 bits per heavy atom. The Hall–Kier alpha value is -0.820. The van der Waals surface area contributed by atoms with E-state index in [2.05, 4.69) is 27.9 Å². The lowest BCUT2D eigenvalue weighted by molar-refractivity contribution is 0.252. The van der Waals surface area contributed by atoms with E-state index in [1.165, 1.54) is 0 Å². The van der Waals surface area contributed by atoms with Crippen LogP contribution in [0.1, 0.15) is 0 Å². The third kappa shape index (κ3) is 2.67. The third-order valence-corrected chi connectivity index (χ3v) is 1.95. The van der Waals surface area contributed by atoms with E-state index >= 15 is 0 Å². The number of nitrogens with one attached hydrogen (secondary N) is 2. The molecule has 0 heterocycles. The predicted octanol–water partition coefficient (Wildman–Crippen LogP) is 1.29. The van der Waals surface area contributed by atoms with Crippen molar-refractivity contribution in [1.29, 1.82) is 0 Å². The number of hydrazine groups is 1. The molecule has 0 aliphatic carbocycles. The molecular weight excluding hydrogens is 269 g/mol. The zero-order valence-electron chi connectivity index (χ0n) is 6.17. The SMILES string of the molecule is NNC(=O)Nc1ccc(I)cc1. The summed E-state index contributed by atoms with van der Waals surface area (Å²) in [5.74, 6) is 4.89. The van der Waals surface area contributed by atoms with E-state index in [4.69, 9.17) is 5.84 Å². The van der Waals surface area contributed by atoms with Gasteiger partial charge in [-0.05, 0) is 46.9 Å². The molecule has 12 heavy (non-hydrogen) atoms. The maximum absolute atomic E-state index is 10.7. The molecule has 1 aromatic carbocycles. The van der Waals surface area contributed by atoms with Gasteiger partial charge in [0.15, 0.2) is 0 Å². The number of urea groups is 1. The molecule has 1 aromatic rings. The summed E-state index contributed by atoms with van der Waals surface area (Å²) in [6.45, 7) is 0. The smallest absolute Gasteiger partial charge is 0.307 e. The van der Waals surface area contributed by atoms with Gasteiger partial charge in [-0.2, -0.15) is 0 Å². The van der Waals surface area contributed by atoms with Crippen molar-refractivity contribution in [2.24, 2.45) is 5.84 Å². The van der Waals surface area contributed by atoms with Crippen molar-refractivity contribution >= 4 is 34.3 Å². The van der Waals surface area contributed by atoms with Crippen LogP contribution in [0.3, 0.4) is 0 Å². The number of rotatable bonds is 1. The van der Waals surface area contributed by atoms with Gasteiger partial charge in [-0.25, -0.2) is 10.6 Å². The highest BCUT2D eigenvalue weighted by atomic mass is 127. The molecule has 0 aliphatic rings. The highest BCUT2D eigenvalue weighted by Gasteiger charge is 1.96. The quantitative estimate of drug-likeness (QED) is 0.313. The van der Waals surface area contributed by atoms with Gasteiger partial charge in [-0.1, -0.05) is 0 Å². The Morgan fingerprint density at radius 2 is 1.92 bits per heavy atom. The zero-order valence-corrected chi connectivity index (χ0v) is 8.33. The zero-order chi connectivity index (χ0) is 8.97. The van der Waals surface area contributed by atoms with Gasteiger partial charge in [0.25, 0.3) is 0 Å². The second-order valence-electron chi connectivity index (χ2n) is 2.11. The molecule has 4 N–H and O–H groups in total. The van der Waals surface area contributed by atoms with E-state index in [0.717, 1.165) is 9.26 Å². The molecule has 64 valence electrons. The highest BCUT2D eigenvalue weighted by molar-refractivity contribution is 14.1. The molecule has 0 spiro atoms. The first-order valence-corrected chi connectivity index (χ1v) is 4.33. The molecule has 2 amide bonds. The van der Waals surface area contributed by atoms with Gasteiger partial charge in [-0.3, -0.25) is 5.43 Å². The Balaban J connectivity index is 2.64. The number of nitrogens with two attached hydrogens (primary N) is 1. The molecule has 0 aromatic heterocycles. The lowest BCUT2D eigenvalue weighted by atomic mass is 10.3. The molecule has 0 radical (unpaired) electrons. The number of hydrogen-bond donors (Lipinski definition) is 3. The average molecular weight is 277 g/mol. The standard InChI is InChI=1S/C7H8IN3O/c8-5-1-3-6(4-2-5)10-7(12)11-9/h1-4H,9H2,(H2,10,11,12). The topological polar surface area (TPSA) is 67.1 Å². The van der Waals surface area contributed by atoms with Crippen LogP contribution in [0.4, 0.5) is 10.5 Å². The van der Waals surface area contributed by atoms with Gasteiger partial charge in [0.2, 0.25) is 0 Å². The maximum atomic E-state index is 10.7. The lowest BCUT2D eigenvalue weighted by Crippen LogP contribution is -2.34. The summed E-state index contributed by atoms with van der Waals surface area (Å²) in [5, 5.41) is 2.54. The number of anilines is 1. The van der Waals surface area contributed by atoms with Crippen molar-refractivity contribution in [2.45, 2.75) is 0 Å². The number of carbonyl (C=O) groups is 1. The molecule has 0 saturated carbocycles. The van der Waals surface area contributed by atoms with E-state index in [1.54, 1.807) is 12.1 Å². The van der Waals surface area contributed by atoms with E-state index in [1.807, 2.05) is 17.6 Å². The maximum Gasteiger partial charge on any atom is 0.333 e. The second-order valence-corrected chi connectivity index (χ2v) is 3.35. The predicted molar refractivity (Wildman–Crippen MR) is 55.5 cm³/mol. The second kappa shape index (κ2) is 4.27. The van der Waals surface area contributed by atoms with Gasteiger partial charge in [-0.15, -0.1) is 0 Å². The van der Waals surface area contributed by atoms with Crippen LogP contribution in [-0.2, 0) is 0 Å². The van der Waals surface area contributed by atoms with Crippen molar-refractivity contribution in [2.75, 3.05) is 5.32 Å². The summed E-state index contributed by atoms with van der Waals surface area (Å²) in [6, 6.07) is 6.98. The fourth-order valence-electron chi connectivity index (χ4n) is 0.700. The monoisotopic (exact) mass is 277 g/mol. The molecule has 0 bridgehead atoms. The number of carbonyl (C=O) groups excluding carboxylic acids is 1. The Bertz CT molecular complexity index is 272. The summed E-state index contributed by atoms with van der Waals surface area (Å²) in [7, 11) is 0. The fraction of sp³-hybridized carbons (Fsp3) is 0. The van der Waals surface area contributed by atoms with E-state index in [0.29, 0.717) is 0 Å². The summed E-state index contributed by atoms with van der Waals surface area (Å²) < 4.78 is 1.12. The fourth-order valence-corrected chi connectivity index (χ4v) is 1.06. The molecule has 0 unspecified atom stereocenters. The van der Waals surface area contributed by atoms with Crippen LogP contribution in [0.5, 0.6) is 0 Å². The molecule has 1 rings (SSSR count). The number of hydrogen-bond acceptors (Lipinski definition) is 2. The van der Waals surface area contributed by atoms with Crippen LogP contribution in [0.25, 0.3) is 0 Å². The lowest BCUT2D eigenvalue weighted by Gasteiger charge is -2.02. The van der Waals surface area contributed by atoms with Crippen molar-refractivity contribution < 1.29 is 4.79 Å².